The van der Waals surface area contributed by atoms with Crippen molar-refractivity contribution in [3.05, 3.63) is 218 Å². The largest absolute Gasteiger partial charge is 0.455 e. The number of furan rings is 1. The van der Waals surface area contributed by atoms with E-state index in [1.165, 1.54) is 47.5 Å². The Bertz CT molecular complexity index is 3500. The van der Waals surface area contributed by atoms with E-state index in [1.54, 1.807) is 0 Å². The van der Waals surface area contributed by atoms with Crippen LogP contribution in [-0.4, -0.2) is 0 Å². The standard InChI is InChI=1S/C56H36N2OS/c1-3-13-39(14-4-1)57(40-15-5-2-6-16-40)42-28-30-43(31-29-42)58(41-26-23-37(24-27-41)38-25-34-54-50(35-38)47-18-10-12-22-53(47)60-54)44-32-33-46-45-17-7-8-19-48(45)56-55(51(46)36-44)49-20-9-11-21-52(49)59-56/h1-36H. The minimum absolute atomic E-state index is 0.897. The zero-order chi connectivity index (χ0) is 39.6. The lowest BCUT2D eigenvalue weighted by atomic mass is 9.96. The fourth-order valence-corrected chi connectivity index (χ4v) is 10.1. The molecule has 0 radical (unpaired) electrons. The van der Waals surface area contributed by atoms with E-state index in [1.807, 2.05) is 17.4 Å². The molecular weight excluding hydrogens is 749 g/mol. The Kier molecular flexibility index (Phi) is 8.03. The van der Waals surface area contributed by atoms with Gasteiger partial charge < -0.3 is 14.2 Å². The van der Waals surface area contributed by atoms with Crippen molar-refractivity contribution < 1.29 is 4.42 Å². The van der Waals surface area contributed by atoms with Crippen molar-refractivity contribution in [2.24, 2.45) is 0 Å². The zero-order valence-electron chi connectivity index (χ0n) is 32.5. The molecule has 0 spiro atoms. The fourth-order valence-electron chi connectivity index (χ4n) is 9.04. The zero-order valence-corrected chi connectivity index (χ0v) is 33.3. The molecule has 4 heteroatoms. The number of thiophene rings is 1. The predicted molar refractivity (Wildman–Crippen MR) is 256 cm³/mol. The van der Waals surface area contributed by atoms with Crippen LogP contribution in [0.4, 0.5) is 34.1 Å². The van der Waals surface area contributed by atoms with Gasteiger partial charge in [-0.1, -0.05) is 121 Å². The first-order chi connectivity index (χ1) is 29.7. The molecule has 282 valence electrons. The summed E-state index contributed by atoms with van der Waals surface area (Å²) >= 11 is 1.85. The Hall–Kier alpha value is -7.66. The van der Waals surface area contributed by atoms with Crippen molar-refractivity contribution in [1.82, 2.24) is 0 Å². The number of hydrogen-bond acceptors (Lipinski definition) is 4. The molecule has 2 aromatic heterocycles. The lowest BCUT2D eigenvalue weighted by Crippen LogP contribution is -2.12. The highest BCUT2D eigenvalue weighted by molar-refractivity contribution is 7.25. The Balaban J connectivity index is 1.03. The summed E-state index contributed by atoms with van der Waals surface area (Å²) in [7, 11) is 0. The maximum Gasteiger partial charge on any atom is 0.143 e. The van der Waals surface area contributed by atoms with Gasteiger partial charge in [0.2, 0.25) is 0 Å². The number of para-hydroxylation sites is 3. The average Bonchev–Trinajstić information content (AvgIpc) is 3.90. The monoisotopic (exact) mass is 784 g/mol. The third-order valence-corrected chi connectivity index (χ3v) is 13.0. The molecule has 0 aliphatic heterocycles. The first-order valence-corrected chi connectivity index (χ1v) is 21.1. The summed E-state index contributed by atoms with van der Waals surface area (Å²) in [5.74, 6) is 0. The first-order valence-electron chi connectivity index (χ1n) is 20.3. The molecule has 10 aromatic carbocycles. The number of fused-ring (bicyclic) bond motifs is 11. The highest BCUT2D eigenvalue weighted by atomic mass is 32.1. The van der Waals surface area contributed by atoms with Crippen LogP contribution in [0.15, 0.2) is 223 Å². The van der Waals surface area contributed by atoms with Crippen LogP contribution in [0.25, 0.3) is 74.8 Å². The lowest BCUT2D eigenvalue weighted by Gasteiger charge is -2.28. The van der Waals surface area contributed by atoms with Gasteiger partial charge in [0.25, 0.3) is 0 Å². The molecule has 0 aliphatic carbocycles. The van der Waals surface area contributed by atoms with Crippen LogP contribution in [0, 0.1) is 0 Å². The second kappa shape index (κ2) is 14.0. The van der Waals surface area contributed by atoms with E-state index in [-0.39, 0.29) is 0 Å². The van der Waals surface area contributed by atoms with Crippen LogP contribution in [0.2, 0.25) is 0 Å². The molecule has 0 saturated heterocycles. The number of benzene rings is 10. The van der Waals surface area contributed by atoms with Gasteiger partial charge >= 0.3 is 0 Å². The molecular formula is C56H36N2OS. The highest BCUT2D eigenvalue weighted by Gasteiger charge is 2.20. The molecule has 3 nitrogen and oxygen atoms in total. The first kappa shape index (κ1) is 34.4. The summed E-state index contributed by atoms with van der Waals surface area (Å²) in [5.41, 5.74) is 10.7. The molecule has 0 N–H and O–H groups in total. The minimum Gasteiger partial charge on any atom is -0.455 e. The Morgan fingerprint density at radius 2 is 0.783 bits per heavy atom. The lowest BCUT2D eigenvalue weighted by molar-refractivity contribution is 0.673. The van der Waals surface area contributed by atoms with Crippen molar-refractivity contribution >= 4 is 109 Å². The Morgan fingerprint density at radius 3 is 1.48 bits per heavy atom. The molecule has 12 aromatic rings. The second-order valence-electron chi connectivity index (χ2n) is 15.3. The van der Waals surface area contributed by atoms with E-state index in [2.05, 4.69) is 222 Å². The predicted octanol–water partition coefficient (Wildman–Crippen LogP) is 16.9. The van der Waals surface area contributed by atoms with E-state index in [4.69, 9.17) is 4.42 Å². The highest BCUT2D eigenvalue weighted by Crippen LogP contribution is 2.45. The van der Waals surface area contributed by atoms with Crippen LogP contribution >= 0.6 is 11.3 Å². The summed E-state index contributed by atoms with van der Waals surface area (Å²) in [4.78, 5) is 4.68. The molecule has 0 fully saturated rings. The van der Waals surface area contributed by atoms with Crippen LogP contribution in [-0.2, 0) is 0 Å². The number of nitrogens with zero attached hydrogens (tertiary/aromatic N) is 2. The molecule has 0 aliphatic rings. The fraction of sp³-hybridized carbons (Fsp3) is 0. The van der Waals surface area contributed by atoms with Gasteiger partial charge in [-0.2, -0.15) is 0 Å². The van der Waals surface area contributed by atoms with Crippen molar-refractivity contribution in [3.8, 4) is 11.1 Å². The van der Waals surface area contributed by atoms with Gasteiger partial charge in [-0.15, -0.1) is 11.3 Å². The van der Waals surface area contributed by atoms with Gasteiger partial charge in [-0.05, 0) is 124 Å². The normalized spacial score (nSPS) is 11.7. The molecule has 0 atom stereocenters. The summed E-state index contributed by atoms with van der Waals surface area (Å²) in [5, 5.41) is 9.57. The number of rotatable bonds is 7. The van der Waals surface area contributed by atoms with Crippen LogP contribution in [0.5, 0.6) is 0 Å². The molecule has 2 heterocycles. The molecule has 0 saturated carbocycles. The quantitative estimate of drug-likeness (QED) is 0.150. The van der Waals surface area contributed by atoms with E-state index >= 15 is 0 Å². The average molecular weight is 785 g/mol. The van der Waals surface area contributed by atoms with Gasteiger partial charge in [-0.25, -0.2) is 0 Å². The van der Waals surface area contributed by atoms with Gasteiger partial charge in [0.05, 0.1) is 0 Å². The van der Waals surface area contributed by atoms with Crippen LogP contribution < -0.4 is 9.80 Å². The van der Waals surface area contributed by atoms with E-state index in [0.717, 1.165) is 61.4 Å². The summed E-state index contributed by atoms with van der Waals surface area (Å²) < 4.78 is 9.27. The van der Waals surface area contributed by atoms with Crippen LogP contribution in [0.3, 0.4) is 0 Å². The maximum absolute atomic E-state index is 6.63. The van der Waals surface area contributed by atoms with Crippen molar-refractivity contribution in [2.75, 3.05) is 9.80 Å². The van der Waals surface area contributed by atoms with Gasteiger partial charge in [-0.3, -0.25) is 0 Å². The summed E-state index contributed by atoms with van der Waals surface area (Å²) in [6.45, 7) is 0. The topological polar surface area (TPSA) is 19.6 Å². The van der Waals surface area contributed by atoms with Crippen molar-refractivity contribution in [2.45, 2.75) is 0 Å². The maximum atomic E-state index is 6.63. The van der Waals surface area contributed by atoms with E-state index < -0.39 is 0 Å². The SMILES string of the molecule is c1ccc(N(c2ccccc2)c2ccc(N(c3ccc(-c4ccc5sc6ccccc6c5c4)cc3)c3ccc4c5ccccc5c5oc6ccccc6c5c4c3)cc2)cc1. The minimum atomic E-state index is 0.897. The van der Waals surface area contributed by atoms with E-state index in [9.17, 15) is 0 Å². The molecule has 60 heavy (non-hydrogen) atoms. The number of hydrogen-bond donors (Lipinski definition) is 0. The van der Waals surface area contributed by atoms with Gasteiger partial charge in [0.1, 0.15) is 11.2 Å². The summed E-state index contributed by atoms with van der Waals surface area (Å²) in [6, 6.07) is 78.6. The van der Waals surface area contributed by atoms with Crippen LogP contribution in [0.1, 0.15) is 0 Å². The third-order valence-electron chi connectivity index (χ3n) is 11.8. The van der Waals surface area contributed by atoms with Crippen molar-refractivity contribution in [1.29, 1.82) is 0 Å². The molecule has 0 bridgehead atoms. The van der Waals surface area contributed by atoms with Crippen molar-refractivity contribution in [3.63, 3.8) is 0 Å². The van der Waals surface area contributed by atoms with Gasteiger partial charge in [0.15, 0.2) is 0 Å². The summed E-state index contributed by atoms with van der Waals surface area (Å²) in [6.07, 6.45) is 0. The Morgan fingerprint density at radius 1 is 0.300 bits per heavy atom. The molecule has 12 rings (SSSR count). The smallest absolute Gasteiger partial charge is 0.143 e. The Labute approximate surface area is 351 Å². The second-order valence-corrected chi connectivity index (χ2v) is 16.4. The third kappa shape index (κ3) is 5.65. The number of anilines is 6. The molecule has 0 unspecified atom stereocenters. The van der Waals surface area contributed by atoms with E-state index in [0.29, 0.717) is 0 Å². The molecule has 0 amide bonds. The van der Waals surface area contributed by atoms with Gasteiger partial charge in [0, 0.05) is 70.5 Å².